The lowest BCUT2D eigenvalue weighted by Gasteiger charge is -2.20. The summed E-state index contributed by atoms with van der Waals surface area (Å²) < 4.78 is 12.9. The van der Waals surface area contributed by atoms with Crippen LogP contribution in [0.2, 0.25) is 0 Å². The third kappa shape index (κ3) is 2.74. The molecular weight excluding hydrogens is 342 g/mol. The molecule has 3 rings (SSSR count). The minimum absolute atomic E-state index is 0.221. The Labute approximate surface area is 149 Å². The molecule has 1 amide bonds. The molecular formula is C15H21N7O4. The van der Waals surface area contributed by atoms with E-state index in [-0.39, 0.29) is 5.82 Å². The van der Waals surface area contributed by atoms with E-state index in [1.807, 2.05) is 0 Å². The van der Waals surface area contributed by atoms with E-state index in [9.17, 15) is 9.59 Å². The number of hydrogen-bond acceptors (Lipinski definition) is 9. The molecule has 1 aliphatic rings. The quantitative estimate of drug-likeness (QED) is 0.637. The number of aldehydes is 1. The Kier molecular flexibility index (Phi) is 4.74. The van der Waals surface area contributed by atoms with Crippen molar-refractivity contribution in [1.29, 1.82) is 0 Å². The number of methoxy groups -OCH3 is 1. The van der Waals surface area contributed by atoms with Crippen LogP contribution in [-0.2, 0) is 19.1 Å². The summed E-state index contributed by atoms with van der Waals surface area (Å²) in [6, 6.07) is 0. The van der Waals surface area contributed by atoms with Crippen LogP contribution in [0.1, 0.15) is 6.23 Å². The monoisotopic (exact) mass is 363 g/mol. The number of carbonyl (C=O) groups is 2. The third-order valence-electron chi connectivity index (χ3n) is 4.34. The van der Waals surface area contributed by atoms with Gasteiger partial charge >= 0.3 is 0 Å². The molecule has 3 unspecified atom stereocenters. The van der Waals surface area contributed by atoms with Crippen molar-refractivity contribution >= 4 is 35.1 Å². The highest BCUT2D eigenvalue weighted by Gasteiger charge is 2.49. The molecule has 0 aliphatic carbocycles. The first-order valence-electron chi connectivity index (χ1n) is 7.95. The van der Waals surface area contributed by atoms with Crippen LogP contribution >= 0.6 is 0 Å². The lowest BCUT2D eigenvalue weighted by atomic mass is 9.99. The van der Waals surface area contributed by atoms with E-state index in [1.165, 1.54) is 20.5 Å². The zero-order valence-electron chi connectivity index (χ0n) is 14.9. The molecule has 2 aromatic heterocycles. The summed E-state index contributed by atoms with van der Waals surface area (Å²) in [4.78, 5) is 38.3. The van der Waals surface area contributed by atoms with Gasteiger partial charge in [-0.2, -0.15) is 9.97 Å². The molecule has 1 fully saturated rings. The number of carbonyl (C=O) groups excluding carboxylic acids is 2. The van der Waals surface area contributed by atoms with E-state index in [0.29, 0.717) is 23.4 Å². The summed E-state index contributed by atoms with van der Waals surface area (Å²) in [6.07, 6.45) is -0.280. The fourth-order valence-corrected chi connectivity index (χ4v) is 3.02. The Hall–Kier alpha value is -2.79. The summed E-state index contributed by atoms with van der Waals surface area (Å²) in [5.41, 5.74) is 6.81. The molecule has 3 heterocycles. The average molecular weight is 363 g/mol. The number of fused-ring (bicyclic) bond motifs is 1. The van der Waals surface area contributed by atoms with Crippen LogP contribution < -0.4 is 16.0 Å². The Morgan fingerprint density at radius 3 is 2.77 bits per heavy atom. The maximum absolute atomic E-state index is 12.1. The first kappa shape index (κ1) is 18.0. The van der Waals surface area contributed by atoms with Crippen LogP contribution in [0.4, 0.5) is 11.8 Å². The van der Waals surface area contributed by atoms with E-state index in [4.69, 9.17) is 15.2 Å². The molecule has 140 valence electrons. The first-order chi connectivity index (χ1) is 12.4. The van der Waals surface area contributed by atoms with E-state index in [0.717, 1.165) is 0 Å². The maximum Gasteiger partial charge on any atom is 0.249 e. The molecule has 1 saturated heterocycles. The van der Waals surface area contributed by atoms with Crippen molar-refractivity contribution in [3.05, 3.63) is 6.33 Å². The zero-order valence-corrected chi connectivity index (χ0v) is 14.9. The maximum atomic E-state index is 12.1. The predicted octanol–water partition coefficient (Wildman–Crippen LogP) is -1.05. The summed E-state index contributed by atoms with van der Waals surface area (Å²) >= 11 is 0. The van der Waals surface area contributed by atoms with Crippen LogP contribution in [-0.4, -0.2) is 72.2 Å². The first-order valence-corrected chi connectivity index (χ1v) is 7.95. The lowest BCUT2D eigenvalue weighted by Crippen LogP contribution is -2.38. The Balaban J connectivity index is 2.10. The van der Waals surface area contributed by atoms with Crippen molar-refractivity contribution in [2.45, 2.75) is 18.4 Å². The second kappa shape index (κ2) is 6.84. The van der Waals surface area contributed by atoms with Gasteiger partial charge < -0.3 is 30.2 Å². The fourth-order valence-electron chi connectivity index (χ4n) is 3.02. The van der Waals surface area contributed by atoms with Gasteiger partial charge in [-0.05, 0) is 0 Å². The largest absolute Gasteiger partial charge is 0.382 e. The summed E-state index contributed by atoms with van der Waals surface area (Å²) in [6.45, 7) is 0. The number of rotatable bonds is 5. The summed E-state index contributed by atoms with van der Waals surface area (Å²) in [7, 11) is 6.51. The molecule has 0 aromatic carbocycles. The van der Waals surface area contributed by atoms with Crippen LogP contribution in [0, 0.1) is 5.92 Å². The van der Waals surface area contributed by atoms with Gasteiger partial charge in [0.1, 0.15) is 17.9 Å². The number of aromatic nitrogens is 4. The lowest BCUT2D eigenvalue weighted by molar-refractivity contribution is -0.137. The number of likely N-dealkylation sites (N-methyl/N-ethyl adjacent to an activating group) is 1. The standard InChI is InChI=1S/C15H21N7O4/c1-17-13(24)9-7(5-23)10(25-4)14(26-9)22-6-18-8-11(16)19-15(21(2)3)20-12(8)22/h5-7,9-10,14H,1-4H3,(H,17,24)(H2,16,19,20)/t7?,9-,10?,14?/m0/s1. The highest BCUT2D eigenvalue weighted by molar-refractivity contribution is 5.85. The Morgan fingerprint density at radius 1 is 1.46 bits per heavy atom. The zero-order chi connectivity index (χ0) is 19.0. The van der Waals surface area contributed by atoms with Crippen molar-refractivity contribution in [3.63, 3.8) is 0 Å². The molecule has 3 N–H and O–H groups in total. The molecule has 11 nitrogen and oxygen atoms in total. The highest BCUT2D eigenvalue weighted by atomic mass is 16.6. The molecule has 11 heteroatoms. The van der Waals surface area contributed by atoms with Gasteiger partial charge in [0.15, 0.2) is 23.8 Å². The van der Waals surface area contributed by atoms with Crippen molar-refractivity contribution in [2.24, 2.45) is 5.92 Å². The number of imidazole rings is 1. The second-order valence-electron chi connectivity index (χ2n) is 6.10. The van der Waals surface area contributed by atoms with Gasteiger partial charge in [-0.15, -0.1) is 0 Å². The van der Waals surface area contributed by atoms with Crippen LogP contribution in [0.15, 0.2) is 6.33 Å². The number of ether oxygens (including phenoxy) is 2. The topological polar surface area (TPSA) is 137 Å². The molecule has 0 saturated carbocycles. The highest BCUT2D eigenvalue weighted by Crippen LogP contribution is 2.37. The molecule has 2 aromatic rings. The number of hydrogen-bond donors (Lipinski definition) is 2. The van der Waals surface area contributed by atoms with Gasteiger partial charge in [0.2, 0.25) is 11.9 Å². The molecule has 0 spiro atoms. The van der Waals surface area contributed by atoms with Gasteiger partial charge in [-0.3, -0.25) is 9.36 Å². The van der Waals surface area contributed by atoms with Crippen molar-refractivity contribution < 1.29 is 19.1 Å². The van der Waals surface area contributed by atoms with Gasteiger partial charge in [0.25, 0.3) is 0 Å². The average Bonchev–Trinajstić information content (AvgIpc) is 3.21. The van der Waals surface area contributed by atoms with Gasteiger partial charge in [0.05, 0.1) is 12.2 Å². The van der Waals surface area contributed by atoms with E-state index in [1.54, 1.807) is 23.6 Å². The van der Waals surface area contributed by atoms with Gasteiger partial charge in [-0.25, -0.2) is 4.98 Å². The minimum Gasteiger partial charge on any atom is -0.382 e. The number of anilines is 2. The van der Waals surface area contributed by atoms with Crippen molar-refractivity contribution in [1.82, 2.24) is 24.8 Å². The smallest absolute Gasteiger partial charge is 0.249 e. The summed E-state index contributed by atoms with van der Waals surface area (Å²) in [5.74, 6) is -0.549. The SMILES string of the molecule is CNC(=O)[C@H]1OC(n2cnc3c(N)nc(N(C)C)nc32)C(OC)C1C=O. The van der Waals surface area contributed by atoms with E-state index >= 15 is 0 Å². The number of nitrogens with one attached hydrogen (secondary N) is 1. The number of nitrogens with two attached hydrogens (primary N) is 1. The molecule has 4 atom stereocenters. The van der Waals surface area contributed by atoms with Crippen molar-refractivity contribution in [2.75, 3.05) is 38.9 Å². The molecule has 1 aliphatic heterocycles. The second-order valence-corrected chi connectivity index (χ2v) is 6.10. The van der Waals surface area contributed by atoms with Gasteiger partial charge in [-0.1, -0.05) is 0 Å². The van der Waals surface area contributed by atoms with Crippen LogP contribution in [0.3, 0.4) is 0 Å². The molecule has 26 heavy (non-hydrogen) atoms. The Morgan fingerprint density at radius 2 is 2.19 bits per heavy atom. The van der Waals surface area contributed by atoms with Crippen molar-refractivity contribution in [3.8, 4) is 0 Å². The van der Waals surface area contributed by atoms with E-state index in [2.05, 4.69) is 20.3 Å². The third-order valence-corrected chi connectivity index (χ3v) is 4.34. The van der Waals surface area contributed by atoms with Gasteiger partial charge in [0, 0.05) is 28.3 Å². The normalized spacial score (nSPS) is 25.4. The number of nitrogen functional groups attached to an aromatic ring is 1. The fraction of sp³-hybridized carbons (Fsp3) is 0.533. The number of nitrogens with zero attached hydrogens (tertiary/aromatic N) is 5. The van der Waals surface area contributed by atoms with E-state index < -0.39 is 30.3 Å². The van der Waals surface area contributed by atoms with Crippen LogP contribution in [0.5, 0.6) is 0 Å². The van der Waals surface area contributed by atoms with Crippen LogP contribution in [0.25, 0.3) is 11.2 Å². The Bertz CT molecular complexity index is 837. The molecule has 0 radical (unpaired) electrons. The summed E-state index contributed by atoms with van der Waals surface area (Å²) in [5, 5.41) is 2.50. The predicted molar refractivity (Wildman–Crippen MR) is 92.4 cm³/mol. The molecule has 0 bridgehead atoms. The minimum atomic E-state index is -0.975. The number of amides is 1.